The summed E-state index contributed by atoms with van der Waals surface area (Å²) in [5.41, 5.74) is 3.50. The van der Waals surface area contributed by atoms with Crippen molar-refractivity contribution in [3.05, 3.63) is 86.6 Å². The number of thioether (sulfide) groups is 1. The molecule has 1 aliphatic rings. The second-order valence-corrected chi connectivity index (χ2v) is 9.20. The first kappa shape index (κ1) is 26.4. The monoisotopic (exact) mass is 511 g/mol. The number of hydrogen-bond acceptors (Lipinski definition) is 7. The Bertz CT molecular complexity index is 1200. The predicted octanol–water partition coefficient (Wildman–Crippen LogP) is 4.91. The summed E-state index contributed by atoms with van der Waals surface area (Å²) in [4.78, 5) is 25.6. The van der Waals surface area contributed by atoms with Crippen LogP contribution in [0.2, 0.25) is 5.02 Å². The number of aryl methyl sites for hydroxylation is 1. The van der Waals surface area contributed by atoms with E-state index in [9.17, 15) is 14.9 Å². The Balaban J connectivity index is 1.88. The van der Waals surface area contributed by atoms with Gasteiger partial charge in [0.15, 0.2) is 0 Å². The molecule has 2 N–H and O–H groups in total. The first-order valence-corrected chi connectivity index (χ1v) is 12.2. The quantitative estimate of drug-likeness (QED) is 0.364. The van der Waals surface area contributed by atoms with Crippen LogP contribution in [0, 0.1) is 18.3 Å². The molecule has 9 heteroatoms. The number of halogens is 1. The fourth-order valence-electron chi connectivity index (χ4n) is 3.58. The van der Waals surface area contributed by atoms with Gasteiger partial charge in [0.05, 0.1) is 40.5 Å². The Hall–Kier alpha value is -3.25. The van der Waals surface area contributed by atoms with Crippen molar-refractivity contribution in [2.45, 2.75) is 19.8 Å². The summed E-state index contributed by atoms with van der Waals surface area (Å²) in [7, 11) is 1.52. The minimum absolute atomic E-state index is 0.0670. The molecule has 0 bridgehead atoms. The first-order valence-electron chi connectivity index (χ1n) is 10.9. The predicted molar refractivity (Wildman–Crippen MR) is 138 cm³/mol. The van der Waals surface area contributed by atoms with Crippen LogP contribution >= 0.6 is 23.4 Å². The molecule has 0 spiro atoms. The molecule has 2 aromatic rings. The van der Waals surface area contributed by atoms with Crippen LogP contribution < -0.4 is 10.6 Å². The van der Waals surface area contributed by atoms with E-state index >= 15 is 0 Å². The standard InChI is InChI=1S/C26H26ClN3O4S/c1-16-8-10-18(11-9-16)30-22(31)15-35-25-20(14-28)24(19-6-4-5-7-21(19)27)23(17(2)29-25)26(32)34-13-12-33-3/h4-11,24,29H,12-13,15H2,1-3H3,(H,30,31). The fourth-order valence-corrected chi connectivity index (χ4v) is 4.72. The van der Waals surface area contributed by atoms with Gasteiger partial charge in [-0.3, -0.25) is 4.79 Å². The highest BCUT2D eigenvalue weighted by molar-refractivity contribution is 8.03. The van der Waals surface area contributed by atoms with E-state index in [0.717, 1.165) is 5.56 Å². The Morgan fingerprint density at radius 1 is 1.14 bits per heavy atom. The van der Waals surface area contributed by atoms with Crippen LogP contribution in [0.15, 0.2) is 70.4 Å². The number of ether oxygens (including phenoxy) is 2. The topological polar surface area (TPSA) is 100 Å². The van der Waals surface area contributed by atoms with Crippen LogP contribution in [0.5, 0.6) is 0 Å². The Labute approximate surface area is 214 Å². The molecule has 2 aromatic carbocycles. The van der Waals surface area contributed by atoms with E-state index in [2.05, 4.69) is 16.7 Å². The molecule has 0 fully saturated rings. The minimum Gasteiger partial charge on any atom is -0.460 e. The van der Waals surface area contributed by atoms with E-state index < -0.39 is 11.9 Å². The van der Waals surface area contributed by atoms with E-state index in [1.807, 2.05) is 31.2 Å². The van der Waals surface area contributed by atoms with Gasteiger partial charge in [-0.2, -0.15) is 5.26 Å². The molecule has 35 heavy (non-hydrogen) atoms. The molecule has 0 saturated carbocycles. The second-order valence-electron chi connectivity index (χ2n) is 7.80. The zero-order chi connectivity index (χ0) is 25.4. The van der Waals surface area contributed by atoms with Crippen molar-refractivity contribution in [3.8, 4) is 6.07 Å². The molecular weight excluding hydrogens is 486 g/mol. The Kier molecular flexibility index (Phi) is 9.38. The van der Waals surface area contributed by atoms with Crippen molar-refractivity contribution in [1.82, 2.24) is 5.32 Å². The van der Waals surface area contributed by atoms with Crippen molar-refractivity contribution >= 4 is 40.9 Å². The van der Waals surface area contributed by atoms with Gasteiger partial charge in [-0.1, -0.05) is 59.3 Å². The lowest BCUT2D eigenvalue weighted by molar-refractivity contribution is -0.140. The molecule has 0 radical (unpaired) electrons. The van der Waals surface area contributed by atoms with E-state index in [1.165, 1.54) is 18.9 Å². The maximum absolute atomic E-state index is 13.0. The highest BCUT2D eigenvalue weighted by Crippen LogP contribution is 2.43. The van der Waals surface area contributed by atoms with Crippen LogP contribution in [-0.2, 0) is 19.1 Å². The summed E-state index contributed by atoms with van der Waals surface area (Å²) >= 11 is 7.67. The lowest BCUT2D eigenvalue weighted by Crippen LogP contribution is -2.30. The number of amides is 1. The number of benzene rings is 2. The second kappa shape index (κ2) is 12.5. The molecular formula is C26H26ClN3O4S. The summed E-state index contributed by atoms with van der Waals surface area (Å²) in [5, 5.41) is 17.0. The Morgan fingerprint density at radius 3 is 2.51 bits per heavy atom. The number of carbonyl (C=O) groups excluding carboxylic acids is 2. The number of carbonyl (C=O) groups is 2. The number of nitrogens with one attached hydrogen (secondary N) is 2. The first-order chi connectivity index (χ1) is 16.8. The SMILES string of the molecule is COCCOC(=O)C1=C(C)NC(SCC(=O)Nc2ccc(C)cc2)=C(C#N)C1c1ccccc1Cl. The van der Waals surface area contributed by atoms with Gasteiger partial charge in [0.2, 0.25) is 5.91 Å². The molecule has 1 amide bonds. The molecule has 0 aliphatic carbocycles. The number of allylic oxidation sites excluding steroid dienone is 2. The Morgan fingerprint density at radius 2 is 1.86 bits per heavy atom. The summed E-state index contributed by atoms with van der Waals surface area (Å²) in [6, 6.07) is 16.8. The molecule has 182 valence electrons. The average Bonchev–Trinajstić information content (AvgIpc) is 2.84. The summed E-state index contributed by atoms with van der Waals surface area (Å²) in [5.74, 6) is -1.46. The number of hydrogen-bond donors (Lipinski definition) is 2. The van der Waals surface area contributed by atoms with Crippen molar-refractivity contribution in [3.63, 3.8) is 0 Å². The van der Waals surface area contributed by atoms with E-state index in [-0.39, 0.29) is 30.4 Å². The van der Waals surface area contributed by atoms with Gasteiger partial charge in [-0.25, -0.2) is 4.79 Å². The van der Waals surface area contributed by atoms with Crippen LogP contribution in [0.25, 0.3) is 0 Å². The van der Waals surface area contributed by atoms with Gasteiger partial charge < -0.3 is 20.1 Å². The third-order valence-corrected chi connectivity index (χ3v) is 6.65. The zero-order valence-electron chi connectivity index (χ0n) is 19.7. The van der Waals surface area contributed by atoms with Crippen LogP contribution in [-0.4, -0.2) is 38.0 Å². The largest absolute Gasteiger partial charge is 0.460 e. The average molecular weight is 512 g/mol. The number of nitriles is 1. The molecule has 1 atom stereocenters. The molecule has 1 heterocycles. The number of esters is 1. The number of nitrogens with zero attached hydrogens (tertiary/aromatic N) is 1. The van der Waals surface area contributed by atoms with Crippen molar-refractivity contribution < 1.29 is 19.1 Å². The van der Waals surface area contributed by atoms with Crippen molar-refractivity contribution in [1.29, 1.82) is 5.26 Å². The number of anilines is 1. The van der Waals surface area contributed by atoms with E-state index in [0.29, 0.717) is 32.6 Å². The van der Waals surface area contributed by atoms with E-state index in [4.69, 9.17) is 21.1 Å². The normalized spacial score (nSPS) is 15.3. The molecule has 3 rings (SSSR count). The van der Waals surface area contributed by atoms with E-state index in [1.54, 1.807) is 31.2 Å². The third kappa shape index (κ3) is 6.67. The highest BCUT2D eigenvalue weighted by Gasteiger charge is 2.36. The fraction of sp³-hybridized carbons (Fsp3) is 0.269. The lowest BCUT2D eigenvalue weighted by atomic mass is 9.82. The van der Waals surface area contributed by atoms with Crippen molar-refractivity contribution in [2.75, 3.05) is 31.4 Å². The van der Waals surface area contributed by atoms with Gasteiger partial charge in [0.25, 0.3) is 0 Å². The van der Waals surface area contributed by atoms with Crippen LogP contribution in [0.4, 0.5) is 5.69 Å². The van der Waals surface area contributed by atoms with Crippen LogP contribution in [0.1, 0.15) is 24.0 Å². The third-order valence-electron chi connectivity index (χ3n) is 5.29. The van der Waals surface area contributed by atoms with Gasteiger partial charge in [-0.15, -0.1) is 0 Å². The highest BCUT2D eigenvalue weighted by atomic mass is 35.5. The van der Waals surface area contributed by atoms with Gasteiger partial charge in [0, 0.05) is 23.5 Å². The number of methoxy groups -OCH3 is 1. The number of dihydropyridines is 1. The molecule has 0 saturated heterocycles. The summed E-state index contributed by atoms with van der Waals surface area (Å²) in [6.07, 6.45) is 0. The molecule has 1 unspecified atom stereocenters. The minimum atomic E-state index is -0.743. The van der Waals surface area contributed by atoms with Gasteiger partial charge in [-0.05, 0) is 37.6 Å². The summed E-state index contributed by atoms with van der Waals surface area (Å²) in [6.45, 7) is 4.03. The van der Waals surface area contributed by atoms with Gasteiger partial charge in [0.1, 0.15) is 6.61 Å². The van der Waals surface area contributed by atoms with Crippen molar-refractivity contribution in [2.24, 2.45) is 0 Å². The maximum Gasteiger partial charge on any atom is 0.336 e. The number of rotatable bonds is 9. The van der Waals surface area contributed by atoms with Gasteiger partial charge >= 0.3 is 5.97 Å². The molecule has 0 aromatic heterocycles. The molecule has 1 aliphatic heterocycles. The summed E-state index contributed by atoms with van der Waals surface area (Å²) < 4.78 is 10.3. The van der Waals surface area contributed by atoms with Crippen LogP contribution in [0.3, 0.4) is 0 Å². The lowest BCUT2D eigenvalue weighted by Gasteiger charge is -2.29. The maximum atomic E-state index is 13.0. The smallest absolute Gasteiger partial charge is 0.336 e. The molecule has 7 nitrogen and oxygen atoms in total. The zero-order valence-corrected chi connectivity index (χ0v) is 21.3.